The molecule has 0 aromatic heterocycles. The molecule has 1 aliphatic rings. The Kier molecular flexibility index (Phi) is 7.19. The Morgan fingerprint density at radius 3 is 2.09 bits per heavy atom. The molecule has 0 saturated carbocycles. The van der Waals surface area contributed by atoms with Gasteiger partial charge in [-0.2, -0.15) is 26.3 Å². The number of carbonyl (C=O) groups is 1. The monoisotopic (exact) mass is 528 g/mol. The second-order valence-corrected chi connectivity index (χ2v) is 10.7. The zero-order valence-electron chi connectivity index (χ0n) is 17.1. The number of ether oxygens (including phenoxy) is 1. The third-order valence-corrected chi connectivity index (χ3v) is 8.10. The van der Waals surface area contributed by atoms with Gasteiger partial charge in [-0.1, -0.05) is 0 Å². The van der Waals surface area contributed by atoms with Crippen LogP contribution in [-0.4, -0.2) is 46.7 Å². The molecule has 2 aromatic rings. The van der Waals surface area contributed by atoms with Crippen molar-refractivity contribution in [1.29, 1.82) is 0 Å². The first-order chi connectivity index (χ1) is 15.7. The lowest BCUT2D eigenvalue weighted by molar-refractivity contribution is -0.140. The van der Waals surface area contributed by atoms with E-state index in [9.17, 15) is 43.6 Å². The molecule has 1 fully saturated rings. The normalized spacial score (nSPS) is 15.5. The molecule has 1 amide bonds. The van der Waals surface area contributed by atoms with Crippen LogP contribution < -0.4 is 9.46 Å². The standard InChI is InChI=1S/C19H17F5N2O6S2/c20-18(21)32-13-5-3-12(4-6-13)17(27)25-33(28,29)16-8-7-14(11-15(16)19(22,23)24)34(30,31)26-9-1-2-10-26/h3-8,11,18H,1-2,9-10H2,(H,25,27). The fourth-order valence-electron chi connectivity index (χ4n) is 3.23. The Bertz CT molecular complexity index is 1270. The molecule has 1 heterocycles. The average Bonchev–Trinajstić information content (AvgIpc) is 3.28. The van der Waals surface area contributed by atoms with Gasteiger partial charge in [0.05, 0.1) is 15.4 Å². The number of nitrogens with one attached hydrogen (secondary N) is 1. The predicted octanol–water partition coefficient (Wildman–Crippen LogP) is 3.21. The summed E-state index contributed by atoms with van der Waals surface area (Å²) in [5, 5.41) is 0. The van der Waals surface area contributed by atoms with E-state index in [1.807, 2.05) is 0 Å². The van der Waals surface area contributed by atoms with E-state index < -0.39 is 54.1 Å². The molecule has 0 aliphatic carbocycles. The van der Waals surface area contributed by atoms with Crippen LogP contribution in [0.1, 0.15) is 28.8 Å². The van der Waals surface area contributed by atoms with Crippen molar-refractivity contribution < 1.29 is 48.3 Å². The third-order valence-electron chi connectivity index (χ3n) is 4.82. The summed E-state index contributed by atoms with van der Waals surface area (Å²) < 4.78 is 122. The van der Waals surface area contributed by atoms with Crippen LogP contribution in [0, 0.1) is 0 Å². The van der Waals surface area contributed by atoms with Gasteiger partial charge in [0.25, 0.3) is 15.9 Å². The van der Waals surface area contributed by atoms with Crippen molar-refractivity contribution in [3.63, 3.8) is 0 Å². The fourth-order valence-corrected chi connectivity index (χ4v) is 5.95. The first-order valence-corrected chi connectivity index (χ1v) is 12.5. The summed E-state index contributed by atoms with van der Waals surface area (Å²) >= 11 is 0. The highest BCUT2D eigenvalue weighted by Crippen LogP contribution is 2.36. The average molecular weight is 528 g/mol. The Labute approximate surface area is 191 Å². The molecule has 186 valence electrons. The lowest BCUT2D eigenvalue weighted by Crippen LogP contribution is -2.32. The number of nitrogens with zero attached hydrogens (tertiary/aromatic N) is 1. The molecule has 1 aliphatic heterocycles. The number of sulfonamides is 2. The number of amides is 1. The molecule has 0 unspecified atom stereocenters. The largest absolute Gasteiger partial charge is 0.435 e. The first kappa shape index (κ1) is 25.8. The number of carbonyl (C=O) groups excluding carboxylic acids is 1. The van der Waals surface area contributed by atoms with E-state index in [-0.39, 0.29) is 30.5 Å². The highest BCUT2D eigenvalue weighted by molar-refractivity contribution is 7.90. The topological polar surface area (TPSA) is 110 Å². The molecule has 1 N–H and O–H groups in total. The maximum atomic E-state index is 13.7. The van der Waals surface area contributed by atoms with Crippen molar-refractivity contribution >= 4 is 26.0 Å². The summed E-state index contributed by atoms with van der Waals surface area (Å²) in [6.45, 7) is -2.89. The molecular weight excluding hydrogens is 511 g/mol. The van der Waals surface area contributed by atoms with Gasteiger partial charge in [0, 0.05) is 18.7 Å². The summed E-state index contributed by atoms with van der Waals surface area (Å²) in [6.07, 6.45) is -4.18. The van der Waals surface area contributed by atoms with Crippen molar-refractivity contribution in [2.24, 2.45) is 0 Å². The molecule has 0 radical (unpaired) electrons. The fraction of sp³-hybridized carbons (Fsp3) is 0.316. The van der Waals surface area contributed by atoms with E-state index in [1.165, 1.54) is 4.72 Å². The summed E-state index contributed by atoms with van der Waals surface area (Å²) in [4.78, 5) is 10.2. The van der Waals surface area contributed by atoms with E-state index >= 15 is 0 Å². The van der Waals surface area contributed by atoms with Crippen molar-refractivity contribution in [3.05, 3.63) is 53.6 Å². The van der Waals surface area contributed by atoms with Crippen LogP contribution in [0.3, 0.4) is 0 Å². The van der Waals surface area contributed by atoms with Gasteiger partial charge < -0.3 is 4.74 Å². The number of benzene rings is 2. The molecule has 8 nitrogen and oxygen atoms in total. The maximum Gasteiger partial charge on any atom is 0.417 e. The van der Waals surface area contributed by atoms with Gasteiger partial charge in [-0.25, -0.2) is 21.6 Å². The van der Waals surface area contributed by atoms with Crippen LogP contribution >= 0.6 is 0 Å². The Balaban J connectivity index is 1.93. The number of alkyl halides is 5. The molecule has 0 spiro atoms. The van der Waals surface area contributed by atoms with Gasteiger partial charge in [0.1, 0.15) is 5.75 Å². The van der Waals surface area contributed by atoms with Crippen LogP contribution in [0.2, 0.25) is 0 Å². The van der Waals surface area contributed by atoms with Crippen LogP contribution in [0.5, 0.6) is 5.75 Å². The van der Waals surface area contributed by atoms with Crippen LogP contribution in [0.25, 0.3) is 0 Å². The smallest absolute Gasteiger partial charge is 0.417 e. The Morgan fingerprint density at radius 2 is 1.56 bits per heavy atom. The minimum Gasteiger partial charge on any atom is -0.435 e. The maximum absolute atomic E-state index is 13.7. The Hall–Kier alpha value is -2.78. The van der Waals surface area contributed by atoms with E-state index in [4.69, 9.17) is 0 Å². The second-order valence-electron chi connectivity index (χ2n) is 7.10. The highest BCUT2D eigenvalue weighted by atomic mass is 32.2. The molecule has 1 saturated heterocycles. The van der Waals surface area contributed by atoms with Gasteiger partial charge >= 0.3 is 12.8 Å². The molecule has 2 aromatic carbocycles. The molecule has 15 heteroatoms. The van der Waals surface area contributed by atoms with Crippen LogP contribution in [-0.2, 0) is 26.2 Å². The number of rotatable bonds is 7. The summed E-state index contributed by atoms with van der Waals surface area (Å²) in [5.74, 6) is -1.67. The van der Waals surface area contributed by atoms with Crippen molar-refractivity contribution in [2.45, 2.75) is 35.4 Å². The summed E-state index contributed by atoms with van der Waals surface area (Å²) in [5.41, 5.74) is -2.14. The zero-order valence-corrected chi connectivity index (χ0v) is 18.7. The van der Waals surface area contributed by atoms with Gasteiger partial charge in [-0.15, -0.1) is 0 Å². The summed E-state index contributed by atoms with van der Waals surface area (Å²) in [7, 11) is -9.39. The van der Waals surface area contributed by atoms with Gasteiger partial charge in [0.15, 0.2) is 0 Å². The van der Waals surface area contributed by atoms with Crippen LogP contribution in [0.4, 0.5) is 22.0 Å². The van der Waals surface area contributed by atoms with E-state index in [2.05, 4.69) is 4.74 Å². The minimum atomic E-state index is -5.27. The second kappa shape index (κ2) is 9.46. The number of halogens is 5. The Morgan fingerprint density at radius 1 is 0.971 bits per heavy atom. The molecule has 0 atom stereocenters. The molecular formula is C19H17F5N2O6S2. The molecule has 3 rings (SSSR count). The van der Waals surface area contributed by atoms with Crippen molar-refractivity contribution in [2.75, 3.05) is 13.1 Å². The molecule has 0 bridgehead atoms. The minimum absolute atomic E-state index is 0.126. The quantitative estimate of drug-likeness (QED) is 0.553. The molecule has 34 heavy (non-hydrogen) atoms. The van der Waals surface area contributed by atoms with E-state index in [0.717, 1.165) is 34.6 Å². The lowest BCUT2D eigenvalue weighted by atomic mass is 10.2. The van der Waals surface area contributed by atoms with Gasteiger partial charge in [-0.05, 0) is 55.3 Å². The third kappa shape index (κ3) is 5.64. The SMILES string of the molecule is O=C(NS(=O)(=O)c1ccc(S(=O)(=O)N2CCCC2)cc1C(F)(F)F)c1ccc(OC(F)F)cc1. The first-order valence-electron chi connectivity index (χ1n) is 9.55. The van der Waals surface area contributed by atoms with Gasteiger partial charge in [0.2, 0.25) is 10.0 Å². The summed E-state index contributed by atoms with van der Waals surface area (Å²) in [6, 6.07) is 5.13. The van der Waals surface area contributed by atoms with Crippen LogP contribution in [0.15, 0.2) is 52.3 Å². The number of hydrogen-bond acceptors (Lipinski definition) is 6. The highest BCUT2D eigenvalue weighted by Gasteiger charge is 2.40. The van der Waals surface area contributed by atoms with Gasteiger partial charge in [-0.3, -0.25) is 4.79 Å². The zero-order chi connectivity index (χ0) is 25.3. The van der Waals surface area contributed by atoms with E-state index in [1.54, 1.807) is 0 Å². The van der Waals surface area contributed by atoms with Crippen molar-refractivity contribution in [1.82, 2.24) is 9.03 Å². The predicted molar refractivity (Wildman–Crippen MR) is 107 cm³/mol. The van der Waals surface area contributed by atoms with E-state index in [0.29, 0.717) is 18.9 Å². The lowest BCUT2D eigenvalue weighted by Gasteiger charge is -2.19. The van der Waals surface area contributed by atoms with Crippen molar-refractivity contribution in [3.8, 4) is 5.75 Å². The number of hydrogen-bond donors (Lipinski definition) is 1.